The van der Waals surface area contributed by atoms with E-state index in [1.807, 2.05) is 0 Å². The summed E-state index contributed by atoms with van der Waals surface area (Å²) in [6.45, 7) is -0.333. The minimum absolute atomic E-state index is 0.107. The maximum Gasteiger partial charge on any atom is 0.451 e. The minimum atomic E-state index is -4.74. The van der Waals surface area contributed by atoms with Crippen LogP contribution in [-0.2, 0) is 19.8 Å². The Bertz CT molecular complexity index is 762. The Morgan fingerprint density at radius 1 is 1.26 bits per heavy atom. The second-order valence-corrected chi connectivity index (χ2v) is 4.65. The van der Waals surface area contributed by atoms with Crippen LogP contribution in [0.1, 0.15) is 16.2 Å². The average Bonchev–Trinajstić information content (AvgIpc) is 2.76. The summed E-state index contributed by atoms with van der Waals surface area (Å²) in [5, 5.41) is 5.61. The summed E-state index contributed by atoms with van der Waals surface area (Å²) in [4.78, 5) is 23.4. The number of hydrogen-bond donors (Lipinski definition) is 1. The van der Waals surface area contributed by atoms with Crippen molar-refractivity contribution in [2.45, 2.75) is 12.7 Å². The standard InChI is InChI=1S/C13H12F4N4O2/c1-20-11(13(15,16)17)19-21(12(20)23)7-6-18-10(22)8-2-4-9(14)5-3-8/h2-5H,6-7H2,1H3,(H,18,22). The average molecular weight is 332 g/mol. The van der Waals surface area contributed by atoms with Crippen LogP contribution in [0.25, 0.3) is 0 Å². The molecule has 1 aromatic carbocycles. The fourth-order valence-electron chi connectivity index (χ4n) is 1.86. The molecule has 1 amide bonds. The van der Waals surface area contributed by atoms with Crippen LogP contribution in [-0.4, -0.2) is 26.8 Å². The van der Waals surface area contributed by atoms with E-state index in [1.165, 1.54) is 12.1 Å². The van der Waals surface area contributed by atoms with Gasteiger partial charge >= 0.3 is 11.9 Å². The summed E-state index contributed by atoms with van der Waals surface area (Å²) in [6.07, 6.45) is -4.74. The van der Waals surface area contributed by atoms with Gasteiger partial charge in [-0.1, -0.05) is 0 Å². The Balaban J connectivity index is 2.01. The van der Waals surface area contributed by atoms with E-state index in [-0.39, 0.29) is 18.7 Å². The van der Waals surface area contributed by atoms with Crippen LogP contribution in [0.2, 0.25) is 0 Å². The maximum atomic E-state index is 12.7. The molecule has 10 heteroatoms. The number of carbonyl (C=O) groups excluding carboxylic acids is 1. The Labute approximate surface area is 127 Å². The molecule has 0 aliphatic heterocycles. The van der Waals surface area contributed by atoms with Crippen LogP contribution in [0.3, 0.4) is 0 Å². The van der Waals surface area contributed by atoms with E-state index < -0.39 is 29.4 Å². The van der Waals surface area contributed by atoms with Gasteiger partial charge in [-0.05, 0) is 24.3 Å². The molecule has 0 radical (unpaired) electrons. The van der Waals surface area contributed by atoms with Gasteiger partial charge in [-0.2, -0.15) is 13.2 Å². The van der Waals surface area contributed by atoms with Crippen molar-refractivity contribution in [1.29, 1.82) is 0 Å². The van der Waals surface area contributed by atoms with E-state index >= 15 is 0 Å². The van der Waals surface area contributed by atoms with Crippen LogP contribution < -0.4 is 11.0 Å². The van der Waals surface area contributed by atoms with Gasteiger partial charge in [-0.25, -0.2) is 13.9 Å². The van der Waals surface area contributed by atoms with Crippen molar-refractivity contribution in [3.8, 4) is 0 Å². The molecule has 0 bridgehead atoms. The molecule has 0 aliphatic rings. The molecule has 0 fully saturated rings. The van der Waals surface area contributed by atoms with Gasteiger partial charge in [0.1, 0.15) is 5.82 Å². The zero-order valence-electron chi connectivity index (χ0n) is 11.9. The van der Waals surface area contributed by atoms with Crippen LogP contribution in [0, 0.1) is 5.82 Å². The summed E-state index contributed by atoms with van der Waals surface area (Å²) in [6, 6.07) is 4.74. The zero-order valence-corrected chi connectivity index (χ0v) is 11.9. The third kappa shape index (κ3) is 3.76. The largest absolute Gasteiger partial charge is 0.451 e. The number of nitrogens with one attached hydrogen (secondary N) is 1. The van der Waals surface area contributed by atoms with Crippen LogP contribution >= 0.6 is 0 Å². The highest BCUT2D eigenvalue weighted by Crippen LogP contribution is 2.25. The Morgan fingerprint density at radius 2 is 1.87 bits per heavy atom. The SMILES string of the molecule is Cn1c(C(F)(F)F)nn(CCNC(=O)c2ccc(F)cc2)c1=O. The molecule has 0 saturated heterocycles. The van der Waals surface area contributed by atoms with Gasteiger partial charge < -0.3 is 5.32 Å². The molecule has 6 nitrogen and oxygen atoms in total. The lowest BCUT2D eigenvalue weighted by atomic mass is 10.2. The molecule has 124 valence electrons. The number of halogens is 4. The van der Waals surface area contributed by atoms with E-state index in [2.05, 4.69) is 10.4 Å². The predicted molar refractivity (Wildman–Crippen MR) is 71.2 cm³/mol. The molecule has 2 aromatic rings. The van der Waals surface area contributed by atoms with Crippen molar-refractivity contribution in [3.63, 3.8) is 0 Å². The Morgan fingerprint density at radius 3 is 2.39 bits per heavy atom. The molecule has 23 heavy (non-hydrogen) atoms. The van der Waals surface area contributed by atoms with Crippen molar-refractivity contribution in [2.75, 3.05) is 6.54 Å². The maximum absolute atomic E-state index is 12.7. The highest BCUT2D eigenvalue weighted by Gasteiger charge is 2.37. The molecule has 0 atom stereocenters. The molecule has 0 aliphatic carbocycles. The van der Waals surface area contributed by atoms with Gasteiger partial charge in [0.2, 0.25) is 5.82 Å². The van der Waals surface area contributed by atoms with Gasteiger partial charge in [0.15, 0.2) is 0 Å². The van der Waals surface area contributed by atoms with Crippen molar-refractivity contribution >= 4 is 5.91 Å². The second-order valence-electron chi connectivity index (χ2n) is 4.65. The number of hydrogen-bond acceptors (Lipinski definition) is 3. The highest BCUT2D eigenvalue weighted by atomic mass is 19.4. The van der Waals surface area contributed by atoms with Gasteiger partial charge in [0.05, 0.1) is 6.54 Å². The molecule has 1 N–H and O–H groups in total. The molecule has 0 unspecified atom stereocenters. The van der Waals surface area contributed by atoms with Crippen LogP contribution in [0.15, 0.2) is 29.1 Å². The number of carbonyl (C=O) groups is 1. The number of amides is 1. The topological polar surface area (TPSA) is 68.9 Å². The number of alkyl halides is 3. The molecular weight excluding hydrogens is 320 g/mol. The first-order valence-electron chi connectivity index (χ1n) is 6.45. The summed E-state index contributed by atoms with van der Waals surface area (Å²) < 4.78 is 51.6. The van der Waals surface area contributed by atoms with Gasteiger partial charge in [0.25, 0.3) is 5.91 Å². The summed E-state index contributed by atoms with van der Waals surface area (Å²) >= 11 is 0. The van der Waals surface area contributed by atoms with Gasteiger partial charge in [0, 0.05) is 19.2 Å². The van der Waals surface area contributed by atoms with E-state index in [9.17, 15) is 27.2 Å². The van der Waals surface area contributed by atoms with Crippen LogP contribution in [0.5, 0.6) is 0 Å². The Kier molecular flexibility index (Phi) is 4.52. The fourth-order valence-corrected chi connectivity index (χ4v) is 1.86. The quantitative estimate of drug-likeness (QED) is 0.855. The first-order chi connectivity index (χ1) is 10.7. The van der Waals surface area contributed by atoms with E-state index in [0.29, 0.717) is 9.25 Å². The predicted octanol–water partition coefficient (Wildman–Crippen LogP) is 1.17. The third-order valence-electron chi connectivity index (χ3n) is 3.01. The first-order valence-corrected chi connectivity index (χ1v) is 6.45. The third-order valence-corrected chi connectivity index (χ3v) is 3.01. The lowest BCUT2D eigenvalue weighted by Crippen LogP contribution is -2.31. The molecule has 1 heterocycles. The molecule has 0 spiro atoms. The smallest absolute Gasteiger partial charge is 0.350 e. The molecule has 1 aromatic heterocycles. The first kappa shape index (κ1) is 16.7. The van der Waals surface area contributed by atoms with Gasteiger partial charge in [-0.15, -0.1) is 5.10 Å². The zero-order chi connectivity index (χ0) is 17.2. The number of aromatic nitrogens is 3. The lowest BCUT2D eigenvalue weighted by Gasteiger charge is -2.05. The van der Waals surface area contributed by atoms with Gasteiger partial charge in [-0.3, -0.25) is 9.36 Å². The molecule has 0 saturated carbocycles. The fraction of sp³-hybridized carbons (Fsp3) is 0.308. The second kappa shape index (κ2) is 6.23. The Hall–Kier alpha value is -2.65. The monoisotopic (exact) mass is 332 g/mol. The molecule has 2 rings (SSSR count). The summed E-state index contributed by atoms with van der Waals surface area (Å²) in [5.41, 5.74) is -0.746. The van der Waals surface area contributed by atoms with Crippen LogP contribution in [0.4, 0.5) is 17.6 Å². The minimum Gasteiger partial charge on any atom is -0.350 e. The van der Waals surface area contributed by atoms with Crippen molar-refractivity contribution in [2.24, 2.45) is 7.05 Å². The number of nitrogens with zero attached hydrogens (tertiary/aromatic N) is 3. The number of rotatable bonds is 4. The lowest BCUT2D eigenvalue weighted by molar-refractivity contribution is -0.147. The summed E-state index contributed by atoms with van der Waals surface area (Å²) in [5.74, 6) is -2.35. The van der Waals surface area contributed by atoms with Crippen molar-refractivity contribution in [3.05, 3.63) is 52.0 Å². The summed E-state index contributed by atoms with van der Waals surface area (Å²) in [7, 11) is 0.964. The normalized spacial score (nSPS) is 11.5. The van der Waals surface area contributed by atoms with Crippen molar-refractivity contribution < 1.29 is 22.4 Å². The highest BCUT2D eigenvalue weighted by molar-refractivity contribution is 5.94. The molecular formula is C13H12F4N4O2. The number of benzene rings is 1. The van der Waals surface area contributed by atoms with E-state index in [4.69, 9.17) is 0 Å². The van der Waals surface area contributed by atoms with Crippen molar-refractivity contribution in [1.82, 2.24) is 19.7 Å². The van der Waals surface area contributed by atoms with E-state index in [1.54, 1.807) is 0 Å². The van der Waals surface area contributed by atoms with E-state index in [0.717, 1.165) is 19.2 Å².